The van der Waals surface area contributed by atoms with Gasteiger partial charge in [0.25, 0.3) is 0 Å². The maximum atomic E-state index is 10.9. The summed E-state index contributed by atoms with van der Waals surface area (Å²) in [6.07, 6.45) is 1.69. The van der Waals surface area contributed by atoms with Gasteiger partial charge in [-0.1, -0.05) is 6.92 Å². The second-order valence-electron chi connectivity index (χ2n) is 2.88. The van der Waals surface area contributed by atoms with E-state index in [1.807, 2.05) is 6.92 Å². The predicted octanol–water partition coefficient (Wildman–Crippen LogP) is 0.923. The van der Waals surface area contributed by atoms with Crippen molar-refractivity contribution in [2.45, 2.75) is 39.2 Å². The molecule has 1 unspecified atom stereocenters. The van der Waals surface area contributed by atoms with Crippen LogP contribution in [0.2, 0.25) is 0 Å². The van der Waals surface area contributed by atoms with E-state index in [4.69, 9.17) is 0 Å². The molecule has 0 saturated heterocycles. The van der Waals surface area contributed by atoms with Gasteiger partial charge in [0, 0.05) is 12.8 Å². The Morgan fingerprint density at radius 3 is 2.33 bits per heavy atom. The molecule has 70 valence electrons. The summed E-state index contributed by atoms with van der Waals surface area (Å²) in [7, 11) is 1.74. The minimum Gasteiger partial charge on any atom is -0.311 e. The number of hydrogen-bond donors (Lipinski definition) is 1. The Bertz CT molecular complexity index is 166. The number of hydrogen-bond acceptors (Lipinski definition) is 3. The molecule has 0 aliphatic carbocycles. The summed E-state index contributed by atoms with van der Waals surface area (Å²) in [6.45, 7) is 3.38. The molecule has 0 spiro atoms. The molecule has 0 aliphatic rings. The molecular formula is C9H17NO2. The maximum absolute atomic E-state index is 10.9. The van der Waals surface area contributed by atoms with E-state index in [2.05, 4.69) is 5.32 Å². The molecule has 0 amide bonds. The largest absolute Gasteiger partial charge is 0.311 e. The van der Waals surface area contributed by atoms with Crippen LogP contribution >= 0.6 is 0 Å². The van der Waals surface area contributed by atoms with Crippen LogP contribution in [0.4, 0.5) is 0 Å². The number of carbonyl (C=O) groups excluding carboxylic acids is 2. The summed E-state index contributed by atoms with van der Waals surface area (Å²) in [5, 5.41) is 2.88. The number of ketones is 2. The smallest absolute Gasteiger partial charge is 0.146 e. The van der Waals surface area contributed by atoms with Crippen LogP contribution in [0.3, 0.4) is 0 Å². The highest BCUT2D eigenvalue weighted by Crippen LogP contribution is 2.00. The van der Waals surface area contributed by atoms with Crippen molar-refractivity contribution >= 4 is 11.6 Å². The number of nitrogens with one attached hydrogen (secondary N) is 1. The summed E-state index contributed by atoms with van der Waals surface area (Å²) >= 11 is 0. The van der Waals surface area contributed by atoms with Gasteiger partial charge in [-0.05, 0) is 20.4 Å². The van der Waals surface area contributed by atoms with Gasteiger partial charge in [0.15, 0.2) is 0 Å². The molecule has 0 rings (SSSR count). The highest BCUT2D eigenvalue weighted by Gasteiger charge is 2.12. The molecule has 3 heteroatoms. The fourth-order valence-corrected chi connectivity index (χ4v) is 1.03. The van der Waals surface area contributed by atoms with E-state index in [0.717, 1.165) is 0 Å². The second-order valence-corrected chi connectivity index (χ2v) is 2.88. The lowest BCUT2D eigenvalue weighted by atomic mass is 10.1. The standard InChI is InChI=1S/C9H17NO2/c1-4-8(12)5-6-9(10-3)7(2)11/h9-10H,4-6H2,1-3H3. The molecular weight excluding hydrogens is 154 g/mol. The predicted molar refractivity (Wildman–Crippen MR) is 48.1 cm³/mol. The van der Waals surface area contributed by atoms with E-state index < -0.39 is 0 Å². The Hall–Kier alpha value is -0.700. The number of likely N-dealkylation sites (N-methyl/N-ethyl adjacent to an activating group) is 1. The van der Waals surface area contributed by atoms with Gasteiger partial charge in [-0.15, -0.1) is 0 Å². The zero-order chi connectivity index (χ0) is 9.56. The summed E-state index contributed by atoms with van der Waals surface area (Å²) in [6, 6.07) is -0.152. The van der Waals surface area contributed by atoms with E-state index in [1.54, 1.807) is 7.05 Å². The molecule has 0 aromatic rings. The summed E-state index contributed by atoms with van der Waals surface area (Å²) in [5.41, 5.74) is 0. The van der Waals surface area contributed by atoms with Crippen molar-refractivity contribution in [2.24, 2.45) is 0 Å². The average molecular weight is 171 g/mol. The molecule has 3 nitrogen and oxygen atoms in total. The first-order valence-electron chi connectivity index (χ1n) is 4.31. The Kier molecular flexibility index (Phi) is 5.54. The first kappa shape index (κ1) is 11.3. The minimum absolute atomic E-state index is 0.0985. The molecule has 1 N–H and O–H groups in total. The van der Waals surface area contributed by atoms with Crippen molar-refractivity contribution in [2.75, 3.05) is 7.05 Å². The van der Waals surface area contributed by atoms with E-state index in [0.29, 0.717) is 19.3 Å². The van der Waals surface area contributed by atoms with Crippen molar-refractivity contribution in [3.05, 3.63) is 0 Å². The molecule has 12 heavy (non-hydrogen) atoms. The third-order valence-corrected chi connectivity index (χ3v) is 1.95. The Balaban J connectivity index is 3.73. The molecule has 0 aromatic heterocycles. The van der Waals surface area contributed by atoms with E-state index in [9.17, 15) is 9.59 Å². The maximum Gasteiger partial charge on any atom is 0.146 e. The summed E-state index contributed by atoms with van der Waals surface area (Å²) < 4.78 is 0. The van der Waals surface area contributed by atoms with Crippen LogP contribution in [0.25, 0.3) is 0 Å². The lowest BCUT2D eigenvalue weighted by Crippen LogP contribution is -2.32. The molecule has 0 aromatic carbocycles. The van der Waals surface area contributed by atoms with Crippen molar-refractivity contribution < 1.29 is 9.59 Å². The minimum atomic E-state index is -0.152. The zero-order valence-corrected chi connectivity index (χ0v) is 8.02. The van der Waals surface area contributed by atoms with E-state index in [1.165, 1.54) is 6.92 Å². The van der Waals surface area contributed by atoms with E-state index in [-0.39, 0.29) is 17.6 Å². The van der Waals surface area contributed by atoms with Crippen LogP contribution < -0.4 is 5.32 Å². The van der Waals surface area contributed by atoms with Gasteiger partial charge < -0.3 is 5.32 Å². The Morgan fingerprint density at radius 2 is 2.00 bits per heavy atom. The Morgan fingerprint density at radius 1 is 1.42 bits per heavy atom. The molecule has 0 heterocycles. The van der Waals surface area contributed by atoms with Gasteiger partial charge in [-0.25, -0.2) is 0 Å². The van der Waals surface area contributed by atoms with Crippen LogP contribution in [0.5, 0.6) is 0 Å². The first-order chi connectivity index (χ1) is 5.61. The molecule has 0 saturated carbocycles. The van der Waals surface area contributed by atoms with Gasteiger partial charge in [0.1, 0.15) is 11.6 Å². The Labute approximate surface area is 73.5 Å². The van der Waals surface area contributed by atoms with Crippen molar-refractivity contribution in [3.8, 4) is 0 Å². The van der Waals surface area contributed by atoms with Crippen LogP contribution in [-0.4, -0.2) is 24.7 Å². The molecule has 0 bridgehead atoms. The zero-order valence-electron chi connectivity index (χ0n) is 8.02. The van der Waals surface area contributed by atoms with Crippen molar-refractivity contribution in [1.82, 2.24) is 5.32 Å². The van der Waals surface area contributed by atoms with Crippen molar-refractivity contribution in [3.63, 3.8) is 0 Å². The highest BCUT2D eigenvalue weighted by molar-refractivity contribution is 5.83. The second kappa shape index (κ2) is 5.89. The van der Waals surface area contributed by atoms with Crippen LogP contribution in [-0.2, 0) is 9.59 Å². The van der Waals surface area contributed by atoms with Gasteiger partial charge in [0.05, 0.1) is 6.04 Å². The lowest BCUT2D eigenvalue weighted by molar-refractivity contribution is -0.120. The molecule has 0 radical (unpaired) electrons. The highest BCUT2D eigenvalue weighted by atomic mass is 16.1. The van der Waals surface area contributed by atoms with Crippen molar-refractivity contribution in [1.29, 1.82) is 0 Å². The fraction of sp³-hybridized carbons (Fsp3) is 0.778. The first-order valence-corrected chi connectivity index (χ1v) is 4.31. The topological polar surface area (TPSA) is 46.2 Å². The quantitative estimate of drug-likeness (QED) is 0.646. The van der Waals surface area contributed by atoms with Crippen LogP contribution in [0.1, 0.15) is 33.1 Å². The normalized spacial score (nSPS) is 12.6. The molecule has 0 aliphatic heterocycles. The summed E-state index contributed by atoms with van der Waals surface area (Å²) in [5.74, 6) is 0.318. The van der Waals surface area contributed by atoms with Crippen LogP contribution in [0.15, 0.2) is 0 Å². The summed E-state index contributed by atoms with van der Waals surface area (Å²) in [4.78, 5) is 21.8. The lowest BCUT2D eigenvalue weighted by Gasteiger charge is -2.10. The van der Waals surface area contributed by atoms with Gasteiger partial charge in [-0.2, -0.15) is 0 Å². The number of rotatable bonds is 6. The number of Topliss-reactive ketones (excluding diaryl/α,β-unsaturated/α-hetero) is 2. The molecule has 0 fully saturated rings. The number of carbonyl (C=O) groups is 2. The van der Waals surface area contributed by atoms with Gasteiger partial charge >= 0.3 is 0 Å². The molecule has 1 atom stereocenters. The third kappa shape index (κ3) is 4.23. The van der Waals surface area contributed by atoms with Crippen LogP contribution in [0, 0.1) is 0 Å². The van der Waals surface area contributed by atoms with Gasteiger partial charge in [0.2, 0.25) is 0 Å². The SMILES string of the molecule is CCC(=O)CCC(NC)C(C)=O. The van der Waals surface area contributed by atoms with E-state index >= 15 is 0 Å². The third-order valence-electron chi connectivity index (χ3n) is 1.95. The fourth-order valence-electron chi connectivity index (χ4n) is 1.03. The average Bonchev–Trinajstić information content (AvgIpc) is 2.04. The van der Waals surface area contributed by atoms with Gasteiger partial charge in [-0.3, -0.25) is 9.59 Å². The monoisotopic (exact) mass is 171 g/mol.